The maximum atomic E-state index is 12.3. The molecule has 116 valence electrons. The number of pyridine rings is 1. The van der Waals surface area contributed by atoms with Crippen molar-refractivity contribution in [3.63, 3.8) is 0 Å². The molecule has 0 aliphatic heterocycles. The topological polar surface area (TPSA) is 54.0 Å². The maximum absolute atomic E-state index is 12.3. The summed E-state index contributed by atoms with van der Waals surface area (Å²) in [7, 11) is 0. The minimum Gasteiger partial charge on any atom is -0.369 e. The molecule has 1 aromatic rings. The Morgan fingerprint density at radius 1 is 1.43 bits per heavy atom. The van der Waals surface area contributed by atoms with Crippen molar-refractivity contribution in [2.45, 2.75) is 52.0 Å². The molecule has 0 radical (unpaired) electrons. The average molecular weight is 310 g/mol. The lowest BCUT2D eigenvalue weighted by atomic mass is 9.84. The van der Waals surface area contributed by atoms with E-state index in [0.29, 0.717) is 22.3 Å². The molecule has 1 aromatic heterocycles. The summed E-state index contributed by atoms with van der Waals surface area (Å²) in [4.78, 5) is 16.5. The fourth-order valence-corrected chi connectivity index (χ4v) is 3.13. The second kappa shape index (κ2) is 7.64. The SMILES string of the molecule is CCNc1ncc(C(=O)NC(C)C2CCCCC2)cc1Cl. The van der Waals surface area contributed by atoms with Crippen molar-refractivity contribution in [2.75, 3.05) is 11.9 Å². The number of hydrogen-bond donors (Lipinski definition) is 2. The van der Waals surface area contributed by atoms with Crippen LogP contribution < -0.4 is 10.6 Å². The van der Waals surface area contributed by atoms with E-state index < -0.39 is 0 Å². The van der Waals surface area contributed by atoms with E-state index in [4.69, 9.17) is 11.6 Å². The Balaban J connectivity index is 1.97. The summed E-state index contributed by atoms with van der Waals surface area (Å²) in [6, 6.07) is 1.88. The molecule has 1 saturated carbocycles. The number of hydrogen-bond acceptors (Lipinski definition) is 3. The summed E-state index contributed by atoms with van der Waals surface area (Å²) in [5.74, 6) is 1.12. The Kier molecular flexibility index (Phi) is 5.85. The smallest absolute Gasteiger partial charge is 0.253 e. The first kappa shape index (κ1) is 16.1. The fraction of sp³-hybridized carbons (Fsp3) is 0.625. The van der Waals surface area contributed by atoms with Gasteiger partial charge in [0.15, 0.2) is 0 Å². The molecular weight excluding hydrogens is 286 g/mol. The molecule has 1 aliphatic rings. The van der Waals surface area contributed by atoms with Gasteiger partial charge in [-0.2, -0.15) is 0 Å². The van der Waals surface area contributed by atoms with Crippen LogP contribution in [0.2, 0.25) is 5.02 Å². The molecule has 0 bridgehead atoms. The minimum absolute atomic E-state index is 0.0921. The van der Waals surface area contributed by atoms with Gasteiger partial charge in [0.05, 0.1) is 10.6 Å². The van der Waals surface area contributed by atoms with Gasteiger partial charge in [0.2, 0.25) is 0 Å². The van der Waals surface area contributed by atoms with Crippen molar-refractivity contribution >= 4 is 23.3 Å². The van der Waals surface area contributed by atoms with Gasteiger partial charge in [-0.3, -0.25) is 4.79 Å². The third-order valence-electron chi connectivity index (χ3n) is 4.16. The van der Waals surface area contributed by atoms with Crippen LogP contribution in [-0.2, 0) is 0 Å². The van der Waals surface area contributed by atoms with Crippen molar-refractivity contribution in [3.8, 4) is 0 Å². The van der Waals surface area contributed by atoms with Crippen molar-refractivity contribution < 1.29 is 4.79 Å². The van der Waals surface area contributed by atoms with E-state index in [1.54, 1.807) is 12.3 Å². The van der Waals surface area contributed by atoms with Crippen molar-refractivity contribution in [3.05, 3.63) is 22.8 Å². The molecule has 0 saturated heterocycles. The lowest BCUT2D eigenvalue weighted by molar-refractivity contribution is 0.0919. The highest BCUT2D eigenvalue weighted by Gasteiger charge is 2.22. The molecule has 4 nitrogen and oxygen atoms in total. The second-order valence-corrected chi connectivity index (χ2v) is 6.15. The van der Waals surface area contributed by atoms with Gasteiger partial charge in [-0.05, 0) is 38.7 Å². The lowest BCUT2D eigenvalue weighted by Gasteiger charge is -2.28. The Morgan fingerprint density at radius 2 is 2.14 bits per heavy atom. The number of aromatic nitrogens is 1. The van der Waals surface area contributed by atoms with E-state index in [1.807, 2.05) is 6.92 Å². The number of nitrogens with zero attached hydrogens (tertiary/aromatic N) is 1. The van der Waals surface area contributed by atoms with Crippen LogP contribution in [0.3, 0.4) is 0 Å². The summed E-state index contributed by atoms with van der Waals surface area (Å²) in [6.07, 6.45) is 7.86. The molecule has 0 spiro atoms. The van der Waals surface area contributed by atoms with Crippen LogP contribution in [-0.4, -0.2) is 23.5 Å². The van der Waals surface area contributed by atoms with E-state index in [1.165, 1.54) is 32.1 Å². The molecule has 0 aromatic carbocycles. The number of amides is 1. The van der Waals surface area contributed by atoms with Gasteiger partial charge in [-0.25, -0.2) is 4.98 Å². The number of rotatable bonds is 5. The third kappa shape index (κ3) is 4.34. The van der Waals surface area contributed by atoms with Gasteiger partial charge < -0.3 is 10.6 Å². The van der Waals surface area contributed by atoms with Crippen molar-refractivity contribution in [2.24, 2.45) is 5.92 Å². The molecule has 1 heterocycles. The lowest BCUT2D eigenvalue weighted by Crippen LogP contribution is -2.38. The van der Waals surface area contributed by atoms with Crippen LogP contribution >= 0.6 is 11.6 Å². The summed E-state index contributed by atoms with van der Waals surface area (Å²) in [5, 5.41) is 6.63. The standard InChI is InChI=1S/C16H24ClN3O/c1-3-18-15-14(17)9-13(10-19-15)16(21)20-11(2)12-7-5-4-6-8-12/h9-12H,3-8H2,1-2H3,(H,18,19)(H,20,21). The molecule has 1 amide bonds. The monoisotopic (exact) mass is 309 g/mol. The predicted molar refractivity (Wildman–Crippen MR) is 86.9 cm³/mol. The molecule has 2 rings (SSSR count). The molecular formula is C16H24ClN3O. The Morgan fingerprint density at radius 3 is 2.76 bits per heavy atom. The molecule has 2 N–H and O–H groups in total. The Bertz CT molecular complexity index is 486. The Hall–Kier alpha value is -1.29. The Labute approximate surface area is 131 Å². The normalized spacial score (nSPS) is 17.3. The summed E-state index contributed by atoms with van der Waals surface area (Å²) in [6.45, 7) is 4.82. The molecule has 1 fully saturated rings. The average Bonchev–Trinajstić information content (AvgIpc) is 2.50. The van der Waals surface area contributed by atoms with Crippen LogP contribution in [0.15, 0.2) is 12.3 Å². The molecule has 1 unspecified atom stereocenters. The molecule has 1 aliphatic carbocycles. The van der Waals surface area contributed by atoms with E-state index in [-0.39, 0.29) is 11.9 Å². The zero-order valence-corrected chi connectivity index (χ0v) is 13.5. The van der Waals surface area contributed by atoms with Crippen LogP contribution in [0.5, 0.6) is 0 Å². The second-order valence-electron chi connectivity index (χ2n) is 5.74. The van der Waals surface area contributed by atoms with Crippen LogP contribution in [0, 0.1) is 5.92 Å². The number of anilines is 1. The number of carbonyl (C=O) groups excluding carboxylic acids is 1. The quantitative estimate of drug-likeness (QED) is 0.868. The van der Waals surface area contributed by atoms with Crippen LogP contribution in [0.25, 0.3) is 0 Å². The van der Waals surface area contributed by atoms with Crippen LogP contribution in [0.1, 0.15) is 56.3 Å². The minimum atomic E-state index is -0.0921. The van der Waals surface area contributed by atoms with Gasteiger partial charge in [0.25, 0.3) is 5.91 Å². The highest BCUT2D eigenvalue weighted by Crippen LogP contribution is 2.26. The maximum Gasteiger partial charge on any atom is 0.253 e. The fourth-order valence-electron chi connectivity index (χ4n) is 2.90. The summed E-state index contributed by atoms with van der Waals surface area (Å²) in [5.41, 5.74) is 0.518. The van der Waals surface area contributed by atoms with Gasteiger partial charge in [-0.15, -0.1) is 0 Å². The first-order valence-electron chi connectivity index (χ1n) is 7.82. The number of nitrogens with one attached hydrogen (secondary N) is 2. The van der Waals surface area contributed by atoms with Crippen molar-refractivity contribution in [1.82, 2.24) is 10.3 Å². The number of halogens is 1. The number of carbonyl (C=O) groups is 1. The van der Waals surface area contributed by atoms with Gasteiger partial charge in [0.1, 0.15) is 5.82 Å². The first-order valence-corrected chi connectivity index (χ1v) is 8.20. The predicted octanol–water partition coefficient (Wildman–Crippen LogP) is 3.87. The highest BCUT2D eigenvalue weighted by molar-refractivity contribution is 6.33. The molecule has 5 heteroatoms. The largest absolute Gasteiger partial charge is 0.369 e. The van der Waals surface area contributed by atoms with Crippen molar-refractivity contribution in [1.29, 1.82) is 0 Å². The van der Waals surface area contributed by atoms with Crippen LogP contribution in [0.4, 0.5) is 5.82 Å². The van der Waals surface area contributed by atoms with E-state index >= 15 is 0 Å². The van der Waals surface area contributed by atoms with Gasteiger partial charge in [-0.1, -0.05) is 30.9 Å². The zero-order chi connectivity index (χ0) is 15.2. The summed E-state index contributed by atoms with van der Waals surface area (Å²) < 4.78 is 0. The molecule has 1 atom stereocenters. The zero-order valence-electron chi connectivity index (χ0n) is 12.8. The third-order valence-corrected chi connectivity index (χ3v) is 4.45. The molecule has 21 heavy (non-hydrogen) atoms. The van der Waals surface area contributed by atoms with E-state index in [2.05, 4.69) is 22.5 Å². The van der Waals surface area contributed by atoms with E-state index in [0.717, 1.165) is 6.54 Å². The van der Waals surface area contributed by atoms with Gasteiger partial charge in [0, 0.05) is 18.8 Å². The van der Waals surface area contributed by atoms with Gasteiger partial charge >= 0.3 is 0 Å². The highest BCUT2D eigenvalue weighted by atomic mass is 35.5. The first-order chi connectivity index (χ1) is 10.1. The summed E-state index contributed by atoms with van der Waals surface area (Å²) >= 11 is 6.13. The van der Waals surface area contributed by atoms with E-state index in [9.17, 15) is 4.79 Å².